The van der Waals surface area contributed by atoms with Crippen molar-refractivity contribution < 1.29 is 4.74 Å². The van der Waals surface area contributed by atoms with E-state index in [1.54, 1.807) is 0 Å². The lowest BCUT2D eigenvalue weighted by molar-refractivity contribution is 0.303. The molecule has 3 aromatic rings. The predicted molar refractivity (Wildman–Crippen MR) is 75.1 cm³/mol. The van der Waals surface area contributed by atoms with E-state index in [-0.39, 0.29) is 0 Å². The van der Waals surface area contributed by atoms with Crippen LogP contribution in [0, 0.1) is 6.92 Å². The number of imidazole rings is 1. The molecule has 0 unspecified atom stereocenters. The van der Waals surface area contributed by atoms with Crippen LogP contribution in [0.2, 0.25) is 0 Å². The summed E-state index contributed by atoms with van der Waals surface area (Å²) in [5, 5.41) is 0. The largest absolute Gasteiger partial charge is 0.485 e. The highest BCUT2D eigenvalue weighted by molar-refractivity contribution is 5.57. The first-order valence-electron chi connectivity index (χ1n) is 6.14. The first kappa shape index (κ1) is 11.6. The number of anilines is 1. The molecule has 0 aliphatic heterocycles. The van der Waals surface area contributed by atoms with E-state index in [1.165, 1.54) is 0 Å². The van der Waals surface area contributed by atoms with E-state index in [9.17, 15) is 0 Å². The third kappa shape index (κ3) is 2.25. The molecule has 2 heterocycles. The predicted octanol–water partition coefficient (Wildman–Crippen LogP) is 2.80. The van der Waals surface area contributed by atoms with Crippen molar-refractivity contribution in [3.05, 3.63) is 60.0 Å². The van der Waals surface area contributed by atoms with Gasteiger partial charge in [0.05, 0.1) is 11.4 Å². The Morgan fingerprint density at radius 1 is 1.21 bits per heavy atom. The van der Waals surface area contributed by atoms with Gasteiger partial charge in [-0.2, -0.15) is 0 Å². The molecule has 0 amide bonds. The standard InChI is InChI=1S/C15H15N3O/c1-11-5-4-6-13(15(11)16)19-10-12-9-18-8-3-2-7-14(18)17-12/h2-9H,10,16H2,1H3. The van der Waals surface area contributed by atoms with Crippen LogP contribution in [-0.2, 0) is 6.61 Å². The number of aryl methyl sites for hydroxylation is 1. The minimum Gasteiger partial charge on any atom is -0.485 e. The molecular weight excluding hydrogens is 238 g/mol. The number of rotatable bonds is 3. The molecule has 2 aromatic heterocycles. The lowest BCUT2D eigenvalue weighted by atomic mass is 10.2. The molecular formula is C15H15N3O. The van der Waals surface area contributed by atoms with Gasteiger partial charge in [0.1, 0.15) is 18.0 Å². The maximum absolute atomic E-state index is 5.97. The van der Waals surface area contributed by atoms with Crippen LogP contribution in [0.5, 0.6) is 5.75 Å². The van der Waals surface area contributed by atoms with Crippen LogP contribution in [-0.4, -0.2) is 9.38 Å². The Labute approximate surface area is 111 Å². The van der Waals surface area contributed by atoms with Crippen LogP contribution in [0.4, 0.5) is 5.69 Å². The number of nitrogen functional groups attached to an aromatic ring is 1. The van der Waals surface area contributed by atoms with E-state index in [0.29, 0.717) is 18.0 Å². The number of hydrogen-bond acceptors (Lipinski definition) is 3. The van der Waals surface area contributed by atoms with Gasteiger partial charge in [0.2, 0.25) is 0 Å². The summed E-state index contributed by atoms with van der Waals surface area (Å²) in [6.07, 6.45) is 3.92. The Morgan fingerprint density at radius 2 is 2.11 bits per heavy atom. The minimum atomic E-state index is 0.412. The van der Waals surface area contributed by atoms with Crippen LogP contribution < -0.4 is 10.5 Å². The quantitative estimate of drug-likeness (QED) is 0.730. The van der Waals surface area contributed by atoms with Crippen molar-refractivity contribution in [1.29, 1.82) is 0 Å². The van der Waals surface area contributed by atoms with Crippen molar-refractivity contribution in [1.82, 2.24) is 9.38 Å². The number of pyridine rings is 1. The second-order valence-electron chi connectivity index (χ2n) is 4.47. The Balaban J connectivity index is 1.80. The van der Waals surface area contributed by atoms with Crippen molar-refractivity contribution in [3.8, 4) is 5.75 Å². The maximum atomic E-state index is 5.97. The van der Waals surface area contributed by atoms with Gasteiger partial charge in [-0.05, 0) is 30.7 Å². The lowest BCUT2D eigenvalue weighted by Gasteiger charge is -2.08. The minimum absolute atomic E-state index is 0.412. The van der Waals surface area contributed by atoms with Crippen LogP contribution in [0.25, 0.3) is 5.65 Å². The first-order valence-corrected chi connectivity index (χ1v) is 6.14. The highest BCUT2D eigenvalue weighted by Gasteiger charge is 2.05. The molecule has 0 saturated carbocycles. The molecule has 4 heteroatoms. The fraction of sp³-hybridized carbons (Fsp3) is 0.133. The Bertz CT molecular complexity index is 685. The summed E-state index contributed by atoms with van der Waals surface area (Å²) in [6.45, 7) is 2.38. The number of fused-ring (bicyclic) bond motifs is 1. The van der Waals surface area contributed by atoms with Crippen LogP contribution in [0.15, 0.2) is 48.8 Å². The zero-order valence-corrected chi connectivity index (χ0v) is 10.7. The molecule has 0 bridgehead atoms. The van der Waals surface area contributed by atoms with E-state index < -0.39 is 0 Å². The maximum Gasteiger partial charge on any atom is 0.143 e. The number of nitrogens with two attached hydrogens (primary N) is 1. The molecule has 0 fully saturated rings. The van der Waals surface area contributed by atoms with Gasteiger partial charge in [0.25, 0.3) is 0 Å². The third-order valence-electron chi connectivity index (χ3n) is 3.07. The fourth-order valence-corrected chi connectivity index (χ4v) is 1.99. The topological polar surface area (TPSA) is 52.5 Å². The summed E-state index contributed by atoms with van der Waals surface area (Å²) >= 11 is 0. The zero-order valence-electron chi connectivity index (χ0n) is 10.7. The number of hydrogen-bond donors (Lipinski definition) is 1. The molecule has 0 saturated heterocycles. The molecule has 96 valence electrons. The summed E-state index contributed by atoms with van der Waals surface area (Å²) in [7, 11) is 0. The Kier molecular flexibility index (Phi) is 2.83. The molecule has 0 aliphatic rings. The molecule has 0 atom stereocenters. The molecule has 2 N–H and O–H groups in total. The second-order valence-corrected chi connectivity index (χ2v) is 4.47. The normalized spacial score (nSPS) is 10.8. The molecule has 0 spiro atoms. The van der Waals surface area contributed by atoms with Crippen LogP contribution in [0.1, 0.15) is 11.3 Å². The Morgan fingerprint density at radius 3 is 2.95 bits per heavy atom. The average molecular weight is 253 g/mol. The summed E-state index contributed by atoms with van der Waals surface area (Å²) in [6, 6.07) is 11.7. The van der Waals surface area contributed by atoms with Crippen molar-refractivity contribution >= 4 is 11.3 Å². The van der Waals surface area contributed by atoms with E-state index >= 15 is 0 Å². The SMILES string of the molecule is Cc1cccc(OCc2cn3ccccc3n2)c1N. The third-order valence-corrected chi connectivity index (χ3v) is 3.07. The van der Waals surface area contributed by atoms with Crippen molar-refractivity contribution in [2.75, 3.05) is 5.73 Å². The highest BCUT2D eigenvalue weighted by atomic mass is 16.5. The molecule has 1 aromatic carbocycles. The number of aromatic nitrogens is 2. The highest BCUT2D eigenvalue weighted by Crippen LogP contribution is 2.25. The number of benzene rings is 1. The van der Waals surface area contributed by atoms with Crippen LogP contribution >= 0.6 is 0 Å². The van der Waals surface area contributed by atoms with Gasteiger partial charge in [-0.15, -0.1) is 0 Å². The fourth-order valence-electron chi connectivity index (χ4n) is 1.99. The van der Waals surface area contributed by atoms with Gasteiger partial charge in [-0.3, -0.25) is 0 Å². The van der Waals surface area contributed by atoms with Crippen LogP contribution in [0.3, 0.4) is 0 Å². The number of para-hydroxylation sites is 1. The zero-order chi connectivity index (χ0) is 13.2. The van der Waals surface area contributed by atoms with Crippen molar-refractivity contribution in [3.63, 3.8) is 0 Å². The summed E-state index contributed by atoms with van der Waals surface area (Å²) in [5.74, 6) is 0.706. The molecule has 19 heavy (non-hydrogen) atoms. The van der Waals surface area contributed by atoms with Gasteiger partial charge >= 0.3 is 0 Å². The van der Waals surface area contributed by atoms with E-state index in [2.05, 4.69) is 4.98 Å². The van der Waals surface area contributed by atoms with E-state index in [1.807, 2.05) is 60.1 Å². The summed E-state index contributed by atoms with van der Waals surface area (Å²) < 4.78 is 7.70. The van der Waals surface area contributed by atoms with Gasteiger partial charge in [0.15, 0.2) is 0 Å². The number of nitrogens with zero attached hydrogens (tertiary/aromatic N) is 2. The molecule has 0 aliphatic carbocycles. The Hall–Kier alpha value is -2.49. The van der Waals surface area contributed by atoms with Gasteiger partial charge in [0, 0.05) is 12.4 Å². The van der Waals surface area contributed by atoms with Gasteiger partial charge < -0.3 is 14.9 Å². The van der Waals surface area contributed by atoms with Gasteiger partial charge in [-0.1, -0.05) is 18.2 Å². The monoisotopic (exact) mass is 253 g/mol. The second kappa shape index (κ2) is 4.65. The first-order chi connectivity index (χ1) is 9.24. The molecule has 4 nitrogen and oxygen atoms in total. The lowest BCUT2D eigenvalue weighted by Crippen LogP contribution is -2.00. The molecule has 3 rings (SSSR count). The summed E-state index contributed by atoms with van der Waals surface area (Å²) in [4.78, 5) is 4.48. The number of ether oxygens (including phenoxy) is 1. The van der Waals surface area contributed by atoms with Crippen molar-refractivity contribution in [2.24, 2.45) is 0 Å². The van der Waals surface area contributed by atoms with Crippen molar-refractivity contribution in [2.45, 2.75) is 13.5 Å². The van der Waals surface area contributed by atoms with E-state index in [4.69, 9.17) is 10.5 Å². The summed E-state index contributed by atoms with van der Waals surface area (Å²) in [5.41, 5.74) is 9.48. The van der Waals surface area contributed by atoms with Gasteiger partial charge in [-0.25, -0.2) is 4.98 Å². The van der Waals surface area contributed by atoms with E-state index in [0.717, 1.165) is 16.9 Å². The molecule has 0 radical (unpaired) electrons. The smallest absolute Gasteiger partial charge is 0.143 e. The average Bonchev–Trinajstić information content (AvgIpc) is 2.83.